The fraction of sp³-hybridized carbons (Fsp3) is 0.533. The van der Waals surface area contributed by atoms with Crippen molar-refractivity contribution in [3.8, 4) is 11.5 Å². The normalized spacial score (nSPS) is 26.9. The number of amides is 1. The highest BCUT2D eigenvalue weighted by Gasteiger charge is 2.42. The number of ether oxygens (including phenoxy) is 2. The van der Waals surface area contributed by atoms with Gasteiger partial charge in [0.2, 0.25) is 22.7 Å². The minimum absolute atomic E-state index is 0.00492. The van der Waals surface area contributed by atoms with Gasteiger partial charge in [-0.1, -0.05) is 6.07 Å². The van der Waals surface area contributed by atoms with Gasteiger partial charge in [0.25, 0.3) is 0 Å². The van der Waals surface area contributed by atoms with Crippen molar-refractivity contribution in [2.24, 2.45) is 5.92 Å². The van der Waals surface area contributed by atoms with Crippen molar-refractivity contribution in [3.63, 3.8) is 0 Å². The smallest absolute Gasteiger partial charge is 0.244 e. The minimum atomic E-state index is -3.75. The maximum Gasteiger partial charge on any atom is 0.244 e. The fourth-order valence-corrected chi connectivity index (χ4v) is 4.69. The first-order valence-electron chi connectivity index (χ1n) is 7.75. The molecule has 0 bridgehead atoms. The van der Waals surface area contributed by atoms with E-state index in [9.17, 15) is 13.2 Å². The Kier molecular flexibility index (Phi) is 3.46. The molecule has 23 heavy (non-hydrogen) atoms. The van der Waals surface area contributed by atoms with Crippen LogP contribution >= 0.6 is 0 Å². The summed E-state index contributed by atoms with van der Waals surface area (Å²) < 4.78 is 38.8. The summed E-state index contributed by atoms with van der Waals surface area (Å²) in [6, 6.07) is 4.39. The molecule has 2 aliphatic heterocycles. The summed E-state index contributed by atoms with van der Waals surface area (Å²) in [7, 11) is -3.75. The Morgan fingerprint density at radius 2 is 2.00 bits per heavy atom. The van der Waals surface area contributed by atoms with Crippen LogP contribution in [0.3, 0.4) is 0 Å². The molecule has 1 aliphatic carbocycles. The number of para-hydroxylation sites is 1. The van der Waals surface area contributed by atoms with Crippen molar-refractivity contribution < 1.29 is 22.7 Å². The van der Waals surface area contributed by atoms with Gasteiger partial charge in [-0.15, -0.1) is 0 Å². The van der Waals surface area contributed by atoms with Crippen LogP contribution in [0.5, 0.6) is 11.5 Å². The summed E-state index contributed by atoms with van der Waals surface area (Å²) in [5, 5.41) is 2.93. The first-order valence-corrected chi connectivity index (χ1v) is 9.23. The van der Waals surface area contributed by atoms with Gasteiger partial charge in [0.05, 0.1) is 0 Å². The molecule has 124 valence electrons. The molecule has 7 nitrogen and oxygen atoms in total. The molecule has 2 fully saturated rings. The maximum absolute atomic E-state index is 12.8. The molecule has 1 aromatic rings. The molecular weight excluding hydrogens is 320 g/mol. The third-order valence-corrected chi connectivity index (χ3v) is 6.04. The van der Waals surface area contributed by atoms with Crippen LogP contribution in [0.4, 0.5) is 0 Å². The molecule has 2 atom stereocenters. The molecule has 1 amide bonds. The number of carbonyl (C=O) groups excluding carboxylic acids is 1. The van der Waals surface area contributed by atoms with E-state index < -0.39 is 10.0 Å². The van der Waals surface area contributed by atoms with E-state index in [1.165, 1.54) is 6.07 Å². The van der Waals surface area contributed by atoms with Crippen molar-refractivity contribution in [2.45, 2.75) is 42.7 Å². The quantitative estimate of drug-likeness (QED) is 0.845. The van der Waals surface area contributed by atoms with E-state index >= 15 is 0 Å². The van der Waals surface area contributed by atoms with E-state index in [0.29, 0.717) is 24.5 Å². The number of fused-ring (bicyclic) bond motifs is 1. The van der Waals surface area contributed by atoms with Gasteiger partial charge in [0.15, 0.2) is 11.5 Å². The van der Waals surface area contributed by atoms with Gasteiger partial charge in [-0.05, 0) is 37.3 Å². The largest absolute Gasteiger partial charge is 0.454 e. The Bertz CT molecular complexity index is 744. The molecule has 2 N–H and O–H groups in total. The third kappa shape index (κ3) is 2.76. The Morgan fingerprint density at radius 3 is 2.78 bits per heavy atom. The molecule has 0 radical (unpaired) electrons. The molecule has 4 rings (SSSR count). The van der Waals surface area contributed by atoms with Crippen molar-refractivity contribution in [1.82, 2.24) is 10.0 Å². The zero-order valence-electron chi connectivity index (χ0n) is 12.4. The number of carbonyl (C=O) groups is 1. The number of benzene rings is 1. The van der Waals surface area contributed by atoms with Crippen LogP contribution in [0.2, 0.25) is 0 Å². The average Bonchev–Trinajstić information content (AvgIpc) is 3.25. The van der Waals surface area contributed by atoms with Gasteiger partial charge in [-0.3, -0.25) is 4.79 Å². The lowest BCUT2D eigenvalue weighted by molar-refractivity contribution is -0.123. The topological polar surface area (TPSA) is 93.7 Å². The summed E-state index contributed by atoms with van der Waals surface area (Å²) in [5.41, 5.74) is 0. The summed E-state index contributed by atoms with van der Waals surface area (Å²) in [6.07, 6.45) is 2.91. The molecule has 1 saturated carbocycles. The fourth-order valence-electron chi connectivity index (χ4n) is 3.24. The summed E-state index contributed by atoms with van der Waals surface area (Å²) in [6.45, 7) is 0.0199. The van der Waals surface area contributed by atoms with E-state index in [-0.39, 0.29) is 35.4 Å². The number of sulfonamides is 1. The minimum Gasteiger partial charge on any atom is -0.454 e. The summed E-state index contributed by atoms with van der Waals surface area (Å²) in [5.74, 6) is 1.05. The standard InChI is InChI=1S/C15H18N2O5S/c18-13-7-6-10(14(16-13)9-4-5-9)17-23(19,20)12-3-1-2-11-15(12)22-8-21-11/h1-3,9-10,14,17H,4-8H2,(H,16,18)/t10-,14+/m1/s1. The second kappa shape index (κ2) is 5.38. The Balaban J connectivity index is 1.60. The lowest BCUT2D eigenvalue weighted by atomic mass is 9.95. The molecule has 1 aromatic carbocycles. The van der Waals surface area contributed by atoms with Crippen LogP contribution in [0.25, 0.3) is 0 Å². The van der Waals surface area contributed by atoms with Gasteiger partial charge in [0.1, 0.15) is 4.90 Å². The lowest BCUT2D eigenvalue weighted by Crippen LogP contribution is -2.56. The molecular formula is C15H18N2O5S. The molecule has 1 saturated heterocycles. The van der Waals surface area contributed by atoms with Crippen LogP contribution < -0.4 is 19.5 Å². The highest BCUT2D eigenvalue weighted by Crippen LogP contribution is 2.39. The van der Waals surface area contributed by atoms with Crippen LogP contribution in [-0.4, -0.2) is 33.2 Å². The zero-order valence-corrected chi connectivity index (χ0v) is 13.3. The lowest BCUT2D eigenvalue weighted by Gasteiger charge is -2.32. The number of nitrogens with one attached hydrogen (secondary N) is 2. The third-order valence-electron chi connectivity index (χ3n) is 4.53. The average molecular weight is 338 g/mol. The number of rotatable bonds is 4. The molecule has 0 aromatic heterocycles. The molecule has 3 aliphatic rings. The highest BCUT2D eigenvalue weighted by molar-refractivity contribution is 7.89. The number of hydrogen-bond donors (Lipinski definition) is 2. The predicted molar refractivity (Wildman–Crippen MR) is 80.6 cm³/mol. The zero-order chi connectivity index (χ0) is 16.0. The predicted octanol–water partition coefficient (Wildman–Crippen LogP) is 0.751. The van der Waals surface area contributed by atoms with Crippen molar-refractivity contribution in [3.05, 3.63) is 18.2 Å². The van der Waals surface area contributed by atoms with E-state index in [1.54, 1.807) is 12.1 Å². The summed E-state index contributed by atoms with van der Waals surface area (Å²) >= 11 is 0. The van der Waals surface area contributed by atoms with Crippen molar-refractivity contribution in [2.75, 3.05) is 6.79 Å². The van der Waals surface area contributed by atoms with E-state index in [2.05, 4.69) is 10.0 Å². The van der Waals surface area contributed by atoms with Crippen LogP contribution in [0, 0.1) is 5.92 Å². The maximum atomic E-state index is 12.8. The molecule has 0 spiro atoms. The van der Waals surface area contributed by atoms with E-state index in [1.807, 2.05) is 0 Å². The summed E-state index contributed by atoms with van der Waals surface area (Å²) in [4.78, 5) is 11.7. The second-order valence-corrected chi connectivity index (χ2v) is 7.87. The first kappa shape index (κ1) is 14.8. The Labute approximate surface area is 134 Å². The van der Waals surface area contributed by atoms with Crippen LogP contribution in [0.1, 0.15) is 25.7 Å². The van der Waals surface area contributed by atoms with Crippen molar-refractivity contribution >= 4 is 15.9 Å². The second-order valence-electron chi connectivity index (χ2n) is 6.19. The van der Waals surface area contributed by atoms with Crippen LogP contribution in [0.15, 0.2) is 23.1 Å². The Morgan fingerprint density at radius 1 is 1.17 bits per heavy atom. The monoisotopic (exact) mass is 338 g/mol. The number of hydrogen-bond acceptors (Lipinski definition) is 5. The van der Waals surface area contributed by atoms with E-state index in [0.717, 1.165) is 12.8 Å². The first-order chi connectivity index (χ1) is 11.0. The van der Waals surface area contributed by atoms with E-state index in [4.69, 9.17) is 9.47 Å². The van der Waals surface area contributed by atoms with Gasteiger partial charge in [-0.2, -0.15) is 0 Å². The van der Waals surface area contributed by atoms with Gasteiger partial charge in [0, 0.05) is 18.5 Å². The number of piperidine rings is 1. The van der Waals surface area contributed by atoms with Gasteiger partial charge >= 0.3 is 0 Å². The molecule has 8 heteroatoms. The SMILES string of the molecule is O=C1CC[C@@H](NS(=O)(=O)c2cccc3c2OCO3)[C@H](C2CC2)N1. The van der Waals surface area contributed by atoms with Gasteiger partial charge in [-0.25, -0.2) is 13.1 Å². The Hall–Kier alpha value is -1.80. The van der Waals surface area contributed by atoms with Crippen LogP contribution in [-0.2, 0) is 14.8 Å². The highest BCUT2D eigenvalue weighted by atomic mass is 32.2. The molecule has 2 heterocycles. The van der Waals surface area contributed by atoms with Gasteiger partial charge < -0.3 is 14.8 Å². The van der Waals surface area contributed by atoms with Crippen molar-refractivity contribution in [1.29, 1.82) is 0 Å². The molecule has 0 unspecified atom stereocenters.